The van der Waals surface area contributed by atoms with E-state index in [0.717, 1.165) is 29.6 Å². The molecule has 2 aromatic carbocycles. The highest BCUT2D eigenvalue weighted by atomic mass is 127. The van der Waals surface area contributed by atoms with E-state index in [1.165, 1.54) is 11.1 Å². The van der Waals surface area contributed by atoms with E-state index in [2.05, 4.69) is 51.9 Å². The number of benzene rings is 2. The van der Waals surface area contributed by atoms with Crippen molar-refractivity contribution in [2.75, 3.05) is 14.2 Å². The lowest BCUT2D eigenvalue weighted by Gasteiger charge is -2.11. The SMILES string of the molecule is CN=C(NCc1cccc(C)c1)NCc1ccn(-c2ccc(OC)cc2)n1.I. The highest BCUT2D eigenvalue weighted by molar-refractivity contribution is 14.0. The van der Waals surface area contributed by atoms with E-state index < -0.39 is 0 Å². The number of guanidine groups is 1. The van der Waals surface area contributed by atoms with Crippen molar-refractivity contribution in [3.63, 3.8) is 0 Å². The summed E-state index contributed by atoms with van der Waals surface area (Å²) >= 11 is 0. The summed E-state index contributed by atoms with van der Waals surface area (Å²) in [4.78, 5) is 4.27. The molecule has 148 valence electrons. The van der Waals surface area contributed by atoms with Gasteiger partial charge >= 0.3 is 0 Å². The Bertz CT molecular complexity index is 905. The lowest BCUT2D eigenvalue weighted by molar-refractivity contribution is 0.414. The van der Waals surface area contributed by atoms with E-state index in [1.807, 2.05) is 41.2 Å². The third-order valence-electron chi connectivity index (χ3n) is 4.18. The zero-order chi connectivity index (χ0) is 19.1. The second-order valence-corrected chi connectivity index (χ2v) is 6.22. The first-order valence-corrected chi connectivity index (χ1v) is 8.87. The Hall–Kier alpha value is -2.55. The fourth-order valence-corrected chi connectivity index (χ4v) is 2.74. The Kier molecular flexibility index (Phi) is 8.31. The molecule has 0 spiro atoms. The smallest absolute Gasteiger partial charge is 0.191 e. The third kappa shape index (κ3) is 5.98. The maximum atomic E-state index is 5.19. The van der Waals surface area contributed by atoms with Gasteiger partial charge in [-0.2, -0.15) is 5.10 Å². The van der Waals surface area contributed by atoms with Gasteiger partial charge < -0.3 is 15.4 Å². The number of aliphatic imine (C=N–C) groups is 1. The fraction of sp³-hybridized carbons (Fsp3) is 0.238. The number of nitrogens with one attached hydrogen (secondary N) is 2. The number of nitrogens with zero attached hydrogens (tertiary/aromatic N) is 3. The molecule has 0 saturated heterocycles. The summed E-state index contributed by atoms with van der Waals surface area (Å²) in [6, 6.07) is 18.2. The molecule has 0 unspecified atom stereocenters. The molecule has 6 nitrogen and oxygen atoms in total. The van der Waals surface area contributed by atoms with Gasteiger partial charge in [0.15, 0.2) is 5.96 Å². The molecular formula is C21H26IN5O. The topological polar surface area (TPSA) is 63.5 Å². The van der Waals surface area contributed by atoms with Crippen LogP contribution in [-0.2, 0) is 13.1 Å². The summed E-state index contributed by atoms with van der Waals surface area (Å²) in [6.07, 6.45) is 1.95. The van der Waals surface area contributed by atoms with Gasteiger partial charge in [-0.05, 0) is 42.8 Å². The fourth-order valence-electron chi connectivity index (χ4n) is 2.74. The molecule has 0 saturated carbocycles. The Morgan fingerprint density at radius 3 is 2.50 bits per heavy atom. The van der Waals surface area contributed by atoms with Crippen LogP contribution in [0.25, 0.3) is 5.69 Å². The summed E-state index contributed by atoms with van der Waals surface area (Å²) in [5, 5.41) is 11.2. The van der Waals surface area contributed by atoms with Gasteiger partial charge in [0.25, 0.3) is 0 Å². The van der Waals surface area contributed by atoms with Crippen molar-refractivity contribution < 1.29 is 4.74 Å². The number of halogens is 1. The average Bonchev–Trinajstić information content (AvgIpc) is 3.17. The van der Waals surface area contributed by atoms with Crippen molar-refractivity contribution in [1.82, 2.24) is 20.4 Å². The molecule has 0 bridgehead atoms. The highest BCUT2D eigenvalue weighted by Gasteiger charge is 2.04. The van der Waals surface area contributed by atoms with E-state index >= 15 is 0 Å². The predicted molar refractivity (Wildman–Crippen MR) is 124 cm³/mol. The molecule has 0 amide bonds. The van der Waals surface area contributed by atoms with Gasteiger partial charge in [-0.1, -0.05) is 29.8 Å². The molecule has 0 fully saturated rings. The normalized spacial score (nSPS) is 10.9. The van der Waals surface area contributed by atoms with Crippen molar-refractivity contribution in [3.05, 3.63) is 77.6 Å². The minimum Gasteiger partial charge on any atom is -0.497 e. The second-order valence-electron chi connectivity index (χ2n) is 6.22. The molecule has 28 heavy (non-hydrogen) atoms. The molecule has 2 N–H and O–H groups in total. The van der Waals surface area contributed by atoms with Gasteiger partial charge in [-0.25, -0.2) is 4.68 Å². The van der Waals surface area contributed by atoms with Crippen molar-refractivity contribution in [1.29, 1.82) is 0 Å². The lowest BCUT2D eigenvalue weighted by atomic mass is 10.1. The Morgan fingerprint density at radius 2 is 1.82 bits per heavy atom. The zero-order valence-corrected chi connectivity index (χ0v) is 18.7. The van der Waals surface area contributed by atoms with E-state index in [1.54, 1.807) is 14.2 Å². The number of aromatic nitrogens is 2. The summed E-state index contributed by atoms with van der Waals surface area (Å²) in [5.41, 5.74) is 4.40. The molecule has 3 rings (SSSR count). The monoisotopic (exact) mass is 491 g/mol. The highest BCUT2D eigenvalue weighted by Crippen LogP contribution is 2.14. The molecule has 7 heteroatoms. The summed E-state index contributed by atoms with van der Waals surface area (Å²) in [5.74, 6) is 1.58. The maximum absolute atomic E-state index is 5.19. The Labute approximate surface area is 183 Å². The molecule has 1 heterocycles. The molecule has 3 aromatic rings. The number of rotatable bonds is 6. The van der Waals surface area contributed by atoms with Gasteiger partial charge in [0.2, 0.25) is 0 Å². The minimum absolute atomic E-state index is 0. The Balaban J connectivity index is 0.00000280. The van der Waals surface area contributed by atoms with E-state index in [0.29, 0.717) is 6.54 Å². The van der Waals surface area contributed by atoms with Crippen molar-refractivity contribution in [3.8, 4) is 11.4 Å². The predicted octanol–water partition coefficient (Wildman–Crippen LogP) is 3.67. The number of ether oxygens (including phenoxy) is 1. The van der Waals surface area contributed by atoms with Crippen LogP contribution in [0.4, 0.5) is 0 Å². The van der Waals surface area contributed by atoms with Gasteiger partial charge in [0.1, 0.15) is 5.75 Å². The molecule has 0 aliphatic carbocycles. The van der Waals surface area contributed by atoms with Gasteiger partial charge in [-0.15, -0.1) is 24.0 Å². The second kappa shape index (κ2) is 10.7. The van der Waals surface area contributed by atoms with Crippen LogP contribution in [-0.4, -0.2) is 29.9 Å². The molecule has 0 aliphatic heterocycles. The largest absolute Gasteiger partial charge is 0.497 e. The standard InChI is InChI=1S/C21H25N5O.HI/c1-16-5-4-6-17(13-16)14-23-21(22-2)24-15-18-11-12-26(25-18)19-7-9-20(27-3)10-8-19;/h4-13H,14-15H2,1-3H3,(H2,22,23,24);1H. The Morgan fingerprint density at radius 1 is 1.07 bits per heavy atom. The molecule has 0 radical (unpaired) electrons. The minimum atomic E-state index is 0. The van der Waals surface area contributed by atoms with Crippen LogP contribution in [0.15, 0.2) is 65.8 Å². The zero-order valence-electron chi connectivity index (χ0n) is 16.3. The van der Waals surface area contributed by atoms with Crippen molar-refractivity contribution in [2.45, 2.75) is 20.0 Å². The first-order chi connectivity index (χ1) is 13.2. The first-order valence-electron chi connectivity index (χ1n) is 8.87. The van der Waals surface area contributed by atoms with Crippen LogP contribution in [0.5, 0.6) is 5.75 Å². The molecular weight excluding hydrogens is 465 g/mol. The summed E-state index contributed by atoms with van der Waals surface area (Å²) in [6.45, 7) is 3.41. The van der Waals surface area contributed by atoms with E-state index in [4.69, 9.17) is 4.74 Å². The van der Waals surface area contributed by atoms with Crippen LogP contribution < -0.4 is 15.4 Å². The molecule has 0 atom stereocenters. The lowest BCUT2D eigenvalue weighted by Crippen LogP contribution is -2.36. The van der Waals surface area contributed by atoms with Gasteiger partial charge in [0, 0.05) is 19.8 Å². The van der Waals surface area contributed by atoms with Crippen molar-refractivity contribution in [2.24, 2.45) is 4.99 Å². The van der Waals surface area contributed by atoms with Crippen LogP contribution in [0.2, 0.25) is 0 Å². The average molecular weight is 491 g/mol. The number of aryl methyl sites for hydroxylation is 1. The van der Waals surface area contributed by atoms with E-state index in [-0.39, 0.29) is 24.0 Å². The number of hydrogen-bond acceptors (Lipinski definition) is 3. The maximum Gasteiger partial charge on any atom is 0.191 e. The van der Waals surface area contributed by atoms with Crippen LogP contribution >= 0.6 is 24.0 Å². The number of hydrogen-bond donors (Lipinski definition) is 2. The molecule has 1 aromatic heterocycles. The van der Waals surface area contributed by atoms with Gasteiger partial charge in [-0.3, -0.25) is 4.99 Å². The van der Waals surface area contributed by atoms with Crippen LogP contribution in [0.3, 0.4) is 0 Å². The summed E-state index contributed by atoms with van der Waals surface area (Å²) < 4.78 is 7.04. The quantitative estimate of drug-likeness (QED) is 0.314. The van der Waals surface area contributed by atoms with E-state index in [9.17, 15) is 0 Å². The van der Waals surface area contributed by atoms with Crippen molar-refractivity contribution >= 4 is 29.9 Å². The molecule has 0 aliphatic rings. The van der Waals surface area contributed by atoms with Crippen LogP contribution in [0.1, 0.15) is 16.8 Å². The van der Waals surface area contributed by atoms with Gasteiger partial charge in [0.05, 0.1) is 25.0 Å². The first kappa shape index (κ1) is 21.7. The number of methoxy groups -OCH3 is 1. The third-order valence-corrected chi connectivity index (χ3v) is 4.18. The van der Waals surface area contributed by atoms with Crippen LogP contribution in [0, 0.1) is 6.92 Å². The summed E-state index contributed by atoms with van der Waals surface area (Å²) in [7, 11) is 3.42.